The molecule has 3 saturated carbocycles. The van der Waals surface area contributed by atoms with Gasteiger partial charge in [-0.25, -0.2) is 4.79 Å². The van der Waals surface area contributed by atoms with Crippen LogP contribution in [-0.2, 0) is 20.9 Å². The quantitative estimate of drug-likeness (QED) is 0.0770. The van der Waals surface area contributed by atoms with Crippen LogP contribution in [0.25, 0.3) is 21.5 Å². The van der Waals surface area contributed by atoms with Crippen molar-refractivity contribution in [1.82, 2.24) is 0 Å². The summed E-state index contributed by atoms with van der Waals surface area (Å²) >= 11 is 0. The Balaban J connectivity index is 0.885. The first kappa shape index (κ1) is 40.7. The second-order valence-electron chi connectivity index (χ2n) is 19.7. The number of allylic oxidation sites excluding steroid dienone is 1. The Hall–Kier alpha value is -4.12. The van der Waals surface area contributed by atoms with E-state index in [4.69, 9.17) is 9.47 Å². The largest absolute Gasteiger partial charge is 0.462 e. The molecule has 0 aromatic heterocycles. The number of amides is 1. The molecule has 0 heterocycles. The standard InChI is InChI=1S/C53H67NO4/c1-36(2)13-11-14-37(3)47-24-25-48-46-23-21-43-34-45(26-28-52(43,4)49(46)27-29-53(47,48)5)58-50(55)19-12-30-54(51(56)57-35-38-15-7-6-8-16-38)44-22-20-41-31-39-17-9-10-18-40(39)32-42(41)33-44/h6-10,15-18,20-22,31-33,36-37,45-49H,11-14,19,23-30,34-35H2,1-5H3/t37-,45+,46+,47-,48+,49+,52+,53-/m1/s1. The summed E-state index contributed by atoms with van der Waals surface area (Å²) in [5, 5.41) is 4.51. The first-order valence-electron chi connectivity index (χ1n) is 22.8. The van der Waals surface area contributed by atoms with Gasteiger partial charge in [0.05, 0.1) is 0 Å². The highest BCUT2D eigenvalue weighted by atomic mass is 16.6. The van der Waals surface area contributed by atoms with Crippen molar-refractivity contribution >= 4 is 39.3 Å². The zero-order chi connectivity index (χ0) is 40.4. The highest BCUT2D eigenvalue weighted by Crippen LogP contribution is 2.67. The van der Waals surface area contributed by atoms with E-state index in [1.165, 1.54) is 56.8 Å². The van der Waals surface area contributed by atoms with Crippen LogP contribution in [0, 0.1) is 46.3 Å². The first-order valence-corrected chi connectivity index (χ1v) is 22.8. The zero-order valence-electron chi connectivity index (χ0n) is 35.9. The summed E-state index contributed by atoms with van der Waals surface area (Å²) < 4.78 is 12.1. The molecule has 0 radical (unpaired) electrons. The summed E-state index contributed by atoms with van der Waals surface area (Å²) in [7, 11) is 0. The van der Waals surface area contributed by atoms with Gasteiger partial charge in [0, 0.05) is 25.1 Å². The summed E-state index contributed by atoms with van der Waals surface area (Å²) in [6, 6.07) is 28.5. The van der Waals surface area contributed by atoms with Gasteiger partial charge in [-0.15, -0.1) is 0 Å². The van der Waals surface area contributed by atoms with Crippen molar-refractivity contribution in [3.63, 3.8) is 0 Å². The van der Waals surface area contributed by atoms with Crippen LogP contribution in [0.3, 0.4) is 0 Å². The van der Waals surface area contributed by atoms with E-state index in [0.29, 0.717) is 18.4 Å². The Bertz CT molecular complexity index is 2110. The van der Waals surface area contributed by atoms with Crippen molar-refractivity contribution in [3.8, 4) is 0 Å². The average molecular weight is 782 g/mol. The molecule has 58 heavy (non-hydrogen) atoms. The van der Waals surface area contributed by atoms with Gasteiger partial charge in [-0.3, -0.25) is 9.69 Å². The lowest BCUT2D eigenvalue weighted by atomic mass is 9.47. The Labute approximate surface area is 347 Å². The molecule has 0 N–H and O–H groups in total. The molecule has 8 atom stereocenters. The minimum Gasteiger partial charge on any atom is -0.462 e. The van der Waals surface area contributed by atoms with E-state index < -0.39 is 6.09 Å². The molecule has 4 aromatic carbocycles. The molecule has 308 valence electrons. The number of carbonyl (C=O) groups excluding carboxylic acids is 2. The fourth-order valence-corrected chi connectivity index (χ4v) is 12.6. The van der Waals surface area contributed by atoms with Crippen molar-refractivity contribution in [1.29, 1.82) is 0 Å². The molecule has 1 amide bonds. The van der Waals surface area contributed by atoms with Crippen LogP contribution in [0.5, 0.6) is 0 Å². The molecule has 4 aromatic rings. The van der Waals surface area contributed by atoms with E-state index in [1.807, 2.05) is 42.5 Å². The van der Waals surface area contributed by atoms with Crippen molar-refractivity contribution in [2.75, 3.05) is 11.4 Å². The van der Waals surface area contributed by atoms with Crippen LogP contribution in [-0.4, -0.2) is 24.7 Å². The number of esters is 1. The molecule has 0 spiro atoms. The summed E-state index contributed by atoms with van der Waals surface area (Å²) in [6.07, 6.45) is 16.7. The third-order valence-electron chi connectivity index (χ3n) is 15.7. The molecule has 8 rings (SSSR count). The number of rotatable bonds is 13. The van der Waals surface area contributed by atoms with E-state index >= 15 is 0 Å². The van der Waals surface area contributed by atoms with Crippen LogP contribution in [0.2, 0.25) is 0 Å². The van der Waals surface area contributed by atoms with Crippen molar-refractivity contribution in [3.05, 3.63) is 102 Å². The summed E-state index contributed by atoms with van der Waals surface area (Å²) in [4.78, 5) is 28.8. The number of nitrogens with zero attached hydrogens (tertiary/aromatic N) is 1. The highest BCUT2D eigenvalue weighted by molar-refractivity contribution is 6.00. The average Bonchev–Trinajstić information content (AvgIpc) is 3.58. The number of ether oxygens (including phenoxy) is 2. The molecule has 0 unspecified atom stereocenters. The fourth-order valence-electron chi connectivity index (χ4n) is 12.6. The number of benzene rings is 4. The van der Waals surface area contributed by atoms with Gasteiger partial charge in [0.25, 0.3) is 0 Å². The molecule has 4 aliphatic rings. The fraction of sp³-hybridized carbons (Fsp3) is 0.547. The maximum Gasteiger partial charge on any atom is 0.414 e. The van der Waals surface area contributed by atoms with Crippen LogP contribution in [0.1, 0.15) is 124 Å². The molecule has 5 heteroatoms. The number of hydrogen-bond donors (Lipinski definition) is 0. The third kappa shape index (κ3) is 8.34. The van der Waals surface area contributed by atoms with E-state index in [-0.39, 0.29) is 30.5 Å². The lowest BCUT2D eigenvalue weighted by Crippen LogP contribution is -2.51. The van der Waals surface area contributed by atoms with Gasteiger partial charge in [0.1, 0.15) is 12.7 Å². The Kier molecular flexibility index (Phi) is 12.1. The minimum absolute atomic E-state index is 0.0676. The summed E-state index contributed by atoms with van der Waals surface area (Å²) in [6.45, 7) is 13.1. The van der Waals surface area contributed by atoms with Crippen LogP contribution in [0.4, 0.5) is 10.5 Å². The van der Waals surface area contributed by atoms with Crippen LogP contribution < -0.4 is 4.90 Å². The molecule has 0 bridgehead atoms. The van der Waals surface area contributed by atoms with Crippen molar-refractivity contribution < 1.29 is 19.1 Å². The van der Waals surface area contributed by atoms with Gasteiger partial charge in [-0.05, 0) is 149 Å². The molecular formula is C53H67NO4. The van der Waals surface area contributed by atoms with Gasteiger partial charge >= 0.3 is 12.1 Å². The predicted octanol–water partition coefficient (Wildman–Crippen LogP) is 13.9. The summed E-state index contributed by atoms with van der Waals surface area (Å²) in [5.41, 5.74) is 3.96. The smallest absolute Gasteiger partial charge is 0.414 e. The summed E-state index contributed by atoms with van der Waals surface area (Å²) in [5.74, 6) is 4.73. The second kappa shape index (κ2) is 17.2. The molecular weight excluding hydrogens is 715 g/mol. The molecule has 5 nitrogen and oxygen atoms in total. The van der Waals surface area contributed by atoms with Crippen molar-refractivity contribution in [2.45, 2.75) is 131 Å². The highest BCUT2D eigenvalue weighted by Gasteiger charge is 2.59. The third-order valence-corrected chi connectivity index (χ3v) is 15.7. The molecule has 0 aliphatic heterocycles. The van der Waals surface area contributed by atoms with Gasteiger partial charge in [-0.2, -0.15) is 0 Å². The van der Waals surface area contributed by atoms with Crippen LogP contribution in [0.15, 0.2) is 96.6 Å². The second-order valence-corrected chi connectivity index (χ2v) is 19.7. The monoisotopic (exact) mass is 782 g/mol. The maximum atomic E-state index is 13.7. The number of hydrogen-bond acceptors (Lipinski definition) is 4. The minimum atomic E-state index is -0.418. The maximum absolute atomic E-state index is 13.7. The first-order chi connectivity index (χ1) is 28.0. The van der Waals surface area contributed by atoms with E-state index in [0.717, 1.165) is 82.2 Å². The van der Waals surface area contributed by atoms with E-state index in [9.17, 15) is 9.59 Å². The van der Waals surface area contributed by atoms with Gasteiger partial charge < -0.3 is 9.47 Å². The number of carbonyl (C=O) groups is 2. The number of anilines is 1. The van der Waals surface area contributed by atoms with Crippen molar-refractivity contribution in [2.24, 2.45) is 46.3 Å². The van der Waals surface area contributed by atoms with E-state index in [1.54, 1.807) is 10.5 Å². The van der Waals surface area contributed by atoms with E-state index in [2.05, 4.69) is 83.2 Å². The topological polar surface area (TPSA) is 55.8 Å². The predicted molar refractivity (Wildman–Crippen MR) is 238 cm³/mol. The normalized spacial score (nSPS) is 28.3. The SMILES string of the molecule is CC(C)CCC[C@@H](C)[C@H]1CC[C@H]2[C@@H]3CC=C4C[C@@H](OC(=O)CCCN(C(=O)OCc5ccccc5)c5ccc6cc7ccccc7cc6c5)CC[C@]4(C)[C@H]3CC[C@]12C. The number of fused-ring (bicyclic) bond motifs is 7. The van der Waals surface area contributed by atoms with Gasteiger partial charge in [0.15, 0.2) is 0 Å². The molecule has 0 saturated heterocycles. The lowest BCUT2D eigenvalue weighted by molar-refractivity contribution is -0.151. The lowest BCUT2D eigenvalue weighted by Gasteiger charge is -2.58. The van der Waals surface area contributed by atoms with Gasteiger partial charge in [-0.1, -0.05) is 126 Å². The Morgan fingerprint density at radius 1 is 0.776 bits per heavy atom. The Morgan fingerprint density at radius 3 is 2.29 bits per heavy atom. The Morgan fingerprint density at radius 2 is 1.52 bits per heavy atom. The molecule has 4 aliphatic carbocycles. The zero-order valence-corrected chi connectivity index (χ0v) is 35.9. The van der Waals surface area contributed by atoms with Crippen LogP contribution >= 0.6 is 0 Å². The van der Waals surface area contributed by atoms with Gasteiger partial charge in [0.2, 0.25) is 0 Å². The molecule has 3 fully saturated rings.